The van der Waals surface area contributed by atoms with Crippen molar-refractivity contribution in [2.24, 2.45) is 28.6 Å². The molecule has 4 aliphatic rings. The van der Waals surface area contributed by atoms with Gasteiger partial charge in [0.1, 0.15) is 0 Å². The zero-order valence-electron chi connectivity index (χ0n) is 20.6. The second-order valence-electron chi connectivity index (χ2n) is 11.4. The Morgan fingerprint density at radius 3 is 2.50 bits per heavy atom. The van der Waals surface area contributed by atoms with Gasteiger partial charge in [0.25, 0.3) is 0 Å². The third-order valence-electron chi connectivity index (χ3n) is 9.79. The molecule has 0 radical (unpaired) electrons. The van der Waals surface area contributed by atoms with Gasteiger partial charge in [0.2, 0.25) is 0 Å². The predicted octanol–water partition coefficient (Wildman–Crippen LogP) is 6.14. The van der Waals surface area contributed by atoms with Gasteiger partial charge in [-0.15, -0.1) is 0 Å². The summed E-state index contributed by atoms with van der Waals surface area (Å²) >= 11 is 0. The molecule has 0 amide bonds. The Balaban J connectivity index is 1.67. The minimum Gasteiger partial charge on any atom is -0.450 e. The van der Waals surface area contributed by atoms with Gasteiger partial charge in [-0.25, -0.2) is 0 Å². The van der Waals surface area contributed by atoms with E-state index in [4.69, 9.17) is 4.74 Å². The van der Waals surface area contributed by atoms with Crippen molar-refractivity contribution >= 4 is 17.5 Å². The van der Waals surface area contributed by atoms with Crippen molar-refractivity contribution in [3.8, 4) is 0 Å². The summed E-state index contributed by atoms with van der Waals surface area (Å²) in [5.74, 6) is 1.21. The monoisotopic (exact) mass is 440 g/mol. The van der Waals surface area contributed by atoms with Gasteiger partial charge >= 0.3 is 5.97 Å². The molecule has 0 aliphatic heterocycles. The van der Waals surface area contributed by atoms with Gasteiger partial charge in [-0.3, -0.25) is 14.4 Å². The summed E-state index contributed by atoms with van der Waals surface area (Å²) in [5.41, 5.74) is 1.16. The maximum atomic E-state index is 13.1. The van der Waals surface area contributed by atoms with Crippen molar-refractivity contribution in [1.29, 1.82) is 0 Å². The maximum absolute atomic E-state index is 13.1. The highest BCUT2D eigenvalue weighted by atomic mass is 16.6. The normalized spacial score (nSPS) is 40.5. The molecule has 2 saturated carbocycles. The molecular weight excluding hydrogens is 400 g/mol. The SMILES string of the molecule is CCCCCC(=O)O[C@]1(C(C)=O)CC[C@H]2[C@@H]3C=C(C)C4=CC(=O)CC[C@]4(C)[C@H]3CC[C@@]21C. The molecule has 4 nitrogen and oxygen atoms in total. The molecule has 0 N–H and O–H groups in total. The Hall–Kier alpha value is -1.71. The minimum atomic E-state index is -0.993. The number of rotatable bonds is 6. The summed E-state index contributed by atoms with van der Waals surface area (Å²) in [6.07, 6.45) is 12.6. The molecule has 0 aromatic rings. The van der Waals surface area contributed by atoms with E-state index in [1.54, 1.807) is 6.92 Å². The zero-order chi connectivity index (χ0) is 23.3. The second kappa shape index (κ2) is 8.25. The van der Waals surface area contributed by atoms with Gasteiger partial charge in [-0.05, 0) is 87.2 Å². The molecule has 4 heteroatoms. The van der Waals surface area contributed by atoms with E-state index >= 15 is 0 Å². The molecular formula is C28H40O4. The highest BCUT2D eigenvalue weighted by Crippen LogP contribution is 2.67. The van der Waals surface area contributed by atoms with E-state index in [0.717, 1.165) is 44.9 Å². The van der Waals surface area contributed by atoms with E-state index in [1.165, 1.54) is 11.1 Å². The largest absolute Gasteiger partial charge is 0.450 e. The van der Waals surface area contributed by atoms with Crippen LogP contribution in [-0.4, -0.2) is 23.1 Å². The van der Waals surface area contributed by atoms with Crippen LogP contribution in [0.15, 0.2) is 23.3 Å². The van der Waals surface area contributed by atoms with Gasteiger partial charge in [0.15, 0.2) is 17.2 Å². The third-order valence-corrected chi connectivity index (χ3v) is 9.79. The lowest BCUT2D eigenvalue weighted by molar-refractivity contribution is -0.187. The third kappa shape index (κ3) is 3.35. The van der Waals surface area contributed by atoms with E-state index in [2.05, 4.69) is 33.8 Å². The van der Waals surface area contributed by atoms with Crippen LogP contribution in [0.1, 0.15) is 98.8 Å². The van der Waals surface area contributed by atoms with Crippen LogP contribution in [0.2, 0.25) is 0 Å². The second-order valence-corrected chi connectivity index (χ2v) is 11.4. The topological polar surface area (TPSA) is 60.4 Å². The molecule has 0 saturated heterocycles. The number of allylic oxidation sites excluding steroid dienone is 4. The lowest BCUT2D eigenvalue weighted by Crippen LogP contribution is -2.58. The van der Waals surface area contributed by atoms with Gasteiger partial charge in [0, 0.05) is 18.3 Å². The number of ether oxygens (including phenoxy) is 1. The first-order valence-corrected chi connectivity index (χ1v) is 12.8. The first kappa shape index (κ1) is 23.4. The molecule has 0 bridgehead atoms. The number of ketones is 2. The van der Waals surface area contributed by atoms with Gasteiger partial charge in [-0.2, -0.15) is 0 Å². The first-order chi connectivity index (χ1) is 15.1. The smallest absolute Gasteiger partial charge is 0.306 e. The molecule has 4 aliphatic carbocycles. The number of unbranched alkanes of at least 4 members (excludes halogenated alkanes) is 2. The molecule has 0 aromatic heterocycles. The van der Waals surface area contributed by atoms with Crippen LogP contribution in [0.5, 0.6) is 0 Å². The Labute approximate surface area is 193 Å². The standard InChI is InChI=1S/C28H40O4/c1-6-7-8-9-25(31)32-28(19(3)29)15-12-23-21-16-18(2)24-17-20(30)10-13-26(24,4)22(21)11-14-27(23,28)5/h16-17,21-23H,6-15H2,1-5H3/t21-,22+,23+,26-,27+,28+/m1/s1. The fourth-order valence-corrected chi connectivity index (χ4v) is 8.00. The Morgan fingerprint density at radius 1 is 1.09 bits per heavy atom. The van der Waals surface area contributed by atoms with Crippen LogP contribution in [0, 0.1) is 28.6 Å². The van der Waals surface area contributed by atoms with E-state index in [9.17, 15) is 14.4 Å². The lowest BCUT2D eigenvalue weighted by Gasteiger charge is -2.58. The number of carbonyl (C=O) groups is 3. The first-order valence-electron chi connectivity index (χ1n) is 12.8. The molecule has 0 spiro atoms. The highest BCUT2D eigenvalue weighted by molar-refractivity contribution is 5.92. The number of hydrogen-bond donors (Lipinski definition) is 0. The van der Waals surface area contributed by atoms with Gasteiger partial charge in [-0.1, -0.05) is 45.3 Å². The van der Waals surface area contributed by atoms with E-state index in [-0.39, 0.29) is 28.4 Å². The Kier molecular flexibility index (Phi) is 6.05. The van der Waals surface area contributed by atoms with Crippen LogP contribution in [0.3, 0.4) is 0 Å². The van der Waals surface area contributed by atoms with Crippen molar-refractivity contribution in [1.82, 2.24) is 0 Å². The van der Waals surface area contributed by atoms with Crippen LogP contribution in [-0.2, 0) is 19.1 Å². The van der Waals surface area contributed by atoms with Crippen LogP contribution < -0.4 is 0 Å². The molecule has 0 unspecified atom stereocenters. The number of fused-ring (bicyclic) bond motifs is 5. The fourth-order valence-electron chi connectivity index (χ4n) is 8.00. The van der Waals surface area contributed by atoms with Crippen LogP contribution in [0.4, 0.5) is 0 Å². The van der Waals surface area contributed by atoms with Crippen molar-refractivity contribution in [3.63, 3.8) is 0 Å². The zero-order valence-corrected chi connectivity index (χ0v) is 20.6. The summed E-state index contributed by atoms with van der Waals surface area (Å²) in [4.78, 5) is 38.1. The fraction of sp³-hybridized carbons (Fsp3) is 0.750. The van der Waals surface area contributed by atoms with E-state index in [0.29, 0.717) is 37.0 Å². The maximum Gasteiger partial charge on any atom is 0.306 e. The average molecular weight is 441 g/mol. The molecule has 0 heterocycles. The molecule has 2 fully saturated rings. The number of hydrogen-bond acceptors (Lipinski definition) is 4. The Bertz CT molecular complexity index is 882. The lowest BCUT2D eigenvalue weighted by atomic mass is 9.47. The molecule has 6 atom stereocenters. The number of Topliss-reactive ketones (excluding diaryl/α,β-unsaturated/α-hetero) is 1. The van der Waals surface area contributed by atoms with Crippen molar-refractivity contribution in [3.05, 3.63) is 23.3 Å². The quantitative estimate of drug-likeness (QED) is 0.368. The molecule has 32 heavy (non-hydrogen) atoms. The highest BCUT2D eigenvalue weighted by Gasteiger charge is 2.67. The van der Waals surface area contributed by atoms with Gasteiger partial charge < -0.3 is 4.74 Å². The summed E-state index contributed by atoms with van der Waals surface area (Å²) in [7, 11) is 0. The van der Waals surface area contributed by atoms with Crippen molar-refractivity contribution in [2.45, 2.75) is 104 Å². The summed E-state index contributed by atoms with van der Waals surface area (Å²) < 4.78 is 6.17. The Morgan fingerprint density at radius 2 is 1.81 bits per heavy atom. The van der Waals surface area contributed by atoms with Gasteiger partial charge in [0.05, 0.1) is 0 Å². The summed E-state index contributed by atoms with van der Waals surface area (Å²) in [6, 6.07) is 0. The summed E-state index contributed by atoms with van der Waals surface area (Å²) in [5, 5.41) is 0. The van der Waals surface area contributed by atoms with Crippen LogP contribution >= 0.6 is 0 Å². The van der Waals surface area contributed by atoms with Crippen molar-refractivity contribution < 1.29 is 19.1 Å². The minimum absolute atomic E-state index is 0.0105. The van der Waals surface area contributed by atoms with E-state index in [1.807, 2.05) is 6.08 Å². The van der Waals surface area contributed by atoms with E-state index < -0.39 is 5.60 Å². The molecule has 0 aromatic carbocycles. The molecule has 176 valence electrons. The van der Waals surface area contributed by atoms with Crippen molar-refractivity contribution in [2.75, 3.05) is 0 Å². The van der Waals surface area contributed by atoms with Crippen LogP contribution in [0.25, 0.3) is 0 Å². The summed E-state index contributed by atoms with van der Waals surface area (Å²) in [6.45, 7) is 10.4. The number of esters is 1. The number of carbonyl (C=O) groups excluding carboxylic acids is 3. The predicted molar refractivity (Wildman–Crippen MR) is 125 cm³/mol. The molecule has 4 rings (SSSR count). The average Bonchev–Trinajstić information content (AvgIpc) is 3.03.